The van der Waals surface area contributed by atoms with Gasteiger partial charge in [-0.15, -0.1) is 0 Å². The van der Waals surface area contributed by atoms with E-state index in [1.54, 1.807) is 7.11 Å². The number of methoxy groups -OCH3 is 1. The van der Waals surface area contributed by atoms with Gasteiger partial charge < -0.3 is 20.9 Å². The van der Waals surface area contributed by atoms with Crippen LogP contribution in [-0.2, 0) is 4.74 Å². The van der Waals surface area contributed by atoms with Crippen LogP contribution in [0.25, 0.3) is 0 Å². The standard InChI is InChI=1S/C12H28N2O2/c1-10(2)7-12(15)8-14-11(9-16-3)5-4-6-13/h10-12,14-15H,4-9,13H2,1-3H3. The fourth-order valence-electron chi connectivity index (χ4n) is 1.74. The van der Waals surface area contributed by atoms with Crippen LogP contribution in [0.2, 0.25) is 0 Å². The first-order chi connectivity index (χ1) is 7.60. The summed E-state index contributed by atoms with van der Waals surface area (Å²) < 4.78 is 5.13. The van der Waals surface area contributed by atoms with Crippen molar-refractivity contribution in [1.82, 2.24) is 5.32 Å². The Balaban J connectivity index is 3.72. The van der Waals surface area contributed by atoms with E-state index in [0.29, 0.717) is 31.7 Å². The molecular formula is C12H28N2O2. The number of nitrogens with one attached hydrogen (secondary N) is 1. The van der Waals surface area contributed by atoms with Crippen molar-refractivity contribution in [3.8, 4) is 0 Å². The van der Waals surface area contributed by atoms with Crippen LogP contribution in [0, 0.1) is 5.92 Å². The number of hydrogen-bond donors (Lipinski definition) is 3. The molecule has 0 fully saturated rings. The first kappa shape index (κ1) is 15.8. The molecule has 16 heavy (non-hydrogen) atoms. The van der Waals surface area contributed by atoms with E-state index < -0.39 is 0 Å². The third-order valence-electron chi connectivity index (χ3n) is 2.51. The molecule has 0 heterocycles. The number of aliphatic hydroxyl groups excluding tert-OH is 1. The van der Waals surface area contributed by atoms with Crippen LogP contribution in [0.15, 0.2) is 0 Å². The molecule has 0 bridgehead atoms. The van der Waals surface area contributed by atoms with Crippen LogP contribution >= 0.6 is 0 Å². The zero-order chi connectivity index (χ0) is 12.4. The molecule has 0 saturated carbocycles. The lowest BCUT2D eigenvalue weighted by Crippen LogP contribution is -2.39. The van der Waals surface area contributed by atoms with Crippen LogP contribution in [0.4, 0.5) is 0 Å². The zero-order valence-electron chi connectivity index (χ0n) is 10.9. The van der Waals surface area contributed by atoms with Crippen LogP contribution in [-0.4, -0.2) is 44.1 Å². The average molecular weight is 232 g/mol. The van der Waals surface area contributed by atoms with Crippen LogP contribution in [0.1, 0.15) is 33.1 Å². The summed E-state index contributed by atoms with van der Waals surface area (Å²) in [6.07, 6.45) is 2.56. The Morgan fingerprint density at radius 2 is 2.06 bits per heavy atom. The maximum absolute atomic E-state index is 9.73. The molecule has 4 heteroatoms. The van der Waals surface area contributed by atoms with Gasteiger partial charge in [-0.2, -0.15) is 0 Å². The summed E-state index contributed by atoms with van der Waals surface area (Å²) >= 11 is 0. The first-order valence-corrected chi connectivity index (χ1v) is 6.20. The molecule has 0 aromatic heterocycles. The third-order valence-corrected chi connectivity index (χ3v) is 2.51. The Bertz CT molecular complexity index is 154. The third kappa shape index (κ3) is 9.09. The van der Waals surface area contributed by atoms with Gasteiger partial charge in [0.25, 0.3) is 0 Å². The molecule has 0 aromatic carbocycles. The summed E-state index contributed by atoms with van der Waals surface area (Å²) in [5.74, 6) is 0.529. The zero-order valence-corrected chi connectivity index (χ0v) is 10.9. The molecule has 0 rings (SSSR count). The summed E-state index contributed by atoms with van der Waals surface area (Å²) in [5.41, 5.74) is 5.48. The van der Waals surface area contributed by atoms with Crippen molar-refractivity contribution in [2.24, 2.45) is 11.7 Å². The maximum Gasteiger partial charge on any atom is 0.0667 e. The van der Waals surface area contributed by atoms with Gasteiger partial charge >= 0.3 is 0 Å². The summed E-state index contributed by atoms with van der Waals surface area (Å²) in [5, 5.41) is 13.1. The Hall–Kier alpha value is -0.160. The van der Waals surface area contributed by atoms with E-state index >= 15 is 0 Å². The average Bonchev–Trinajstić information content (AvgIpc) is 2.21. The summed E-state index contributed by atoms with van der Waals surface area (Å²) in [7, 11) is 1.70. The lowest BCUT2D eigenvalue weighted by molar-refractivity contribution is 0.122. The van der Waals surface area contributed by atoms with Crippen LogP contribution in [0.5, 0.6) is 0 Å². The van der Waals surface area contributed by atoms with E-state index in [9.17, 15) is 5.11 Å². The van der Waals surface area contributed by atoms with Gasteiger partial charge in [-0.3, -0.25) is 0 Å². The van der Waals surface area contributed by atoms with Gasteiger partial charge in [0.2, 0.25) is 0 Å². The highest BCUT2D eigenvalue weighted by molar-refractivity contribution is 4.70. The molecule has 0 amide bonds. The van der Waals surface area contributed by atoms with Gasteiger partial charge in [-0.1, -0.05) is 13.8 Å². The summed E-state index contributed by atoms with van der Waals surface area (Å²) in [4.78, 5) is 0. The van der Waals surface area contributed by atoms with Gasteiger partial charge in [0, 0.05) is 19.7 Å². The molecule has 0 aliphatic carbocycles. The molecule has 4 nitrogen and oxygen atoms in total. The smallest absolute Gasteiger partial charge is 0.0667 e. The van der Waals surface area contributed by atoms with Crippen molar-refractivity contribution in [3.63, 3.8) is 0 Å². The molecule has 0 aromatic rings. The minimum absolute atomic E-state index is 0.266. The maximum atomic E-state index is 9.73. The molecule has 2 unspecified atom stereocenters. The quantitative estimate of drug-likeness (QED) is 0.519. The molecule has 98 valence electrons. The largest absolute Gasteiger partial charge is 0.392 e. The molecule has 0 radical (unpaired) electrons. The van der Waals surface area contributed by atoms with Gasteiger partial charge in [0.1, 0.15) is 0 Å². The monoisotopic (exact) mass is 232 g/mol. The SMILES string of the molecule is COCC(CCCN)NCC(O)CC(C)C. The fraction of sp³-hybridized carbons (Fsp3) is 1.00. The Morgan fingerprint density at radius 1 is 1.38 bits per heavy atom. The highest BCUT2D eigenvalue weighted by Gasteiger charge is 2.11. The predicted octanol–water partition coefficient (Wildman–Crippen LogP) is 0.737. The molecule has 0 aliphatic heterocycles. The van der Waals surface area contributed by atoms with Crippen molar-refractivity contribution in [1.29, 1.82) is 0 Å². The van der Waals surface area contributed by atoms with Gasteiger partial charge in [0.15, 0.2) is 0 Å². The molecule has 0 spiro atoms. The first-order valence-electron chi connectivity index (χ1n) is 6.20. The van der Waals surface area contributed by atoms with Gasteiger partial charge in [-0.05, 0) is 31.7 Å². The van der Waals surface area contributed by atoms with E-state index in [1.807, 2.05) is 0 Å². The molecular weight excluding hydrogens is 204 g/mol. The van der Waals surface area contributed by atoms with E-state index in [-0.39, 0.29) is 6.10 Å². The number of rotatable bonds is 10. The predicted molar refractivity (Wildman–Crippen MR) is 67.4 cm³/mol. The molecule has 0 saturated heterocycles. The fourth-order valence-corrected chi connectivity index (χ4v) is 1.74. The second kappa shape index (κ2) is 10.0. The second-order valence-electron chi connectivity index (χ2n) is 4.77. The van der Waals surface area contributed by atoms with Gasteiger partial charge in [-0.25, -0.2) is 0 Å². The van der Waals surface area contributed by atoms with Crippen LogP contribution in [0.3, 0.4) is 0 Å². The van der Waals surface area contributed by atoms with E-state index in [0.717, 1.165) is 19.3 Å². The topological polar surface area (TPSA) is 67.5 Å². The van der Waals surface area contributed by atoms with Crippen LogP contribution < -0.4 is 11.1 Å². The second-order valence-corrected chi connectivity index (χ2v) is 4.77. The Kier molecular flexibility index (Phi) is 9.92. The van der Waals surface area contributed by atoms with Crippen molar-refractivity contribution < 1.29 is 9.84 Å². The van der Waals surface area contributed by atoms with Crippen molar-refractivity contribution in [2.45, 2.75) is 45.3 Å². The molecule has 0 aliphatic rings. The number of aliphatic hydroxyl groups is 1. The van der Waals surface area contributed by atoms with Crippen molar-refractivity contribution in [3.05, 3.63) is 0 Å². The Morgan fingerprint density at radius 3 is 2.56 bits per heavy atom. The van der Waals surface area contributed by atoms with Gasteiger partial charge in [0.05, 0.1) is 12.7 Å². The Labute approximate surface area is 99.6 Å². The van der Waals surface area contributed by atoms with Crippen molar-refractivity contribution >= 4 is 0 Å². The van der Waals surface area contributed by atoms with E-state index in [2.05, 4.69) is 19.2 Å². The number of nitrogens with two attached hydrogens (primary N) is 1. The molecule has 2 atom stereocenters. The number of hydrogen-bond acceptors (Lipinski definition) is 4. The van der Waals surface area contributed by atoms with Crippen molar-refractivity contribution in [2.75, 3.05) is 26.8 Å². The lowest BCUT2D eigenvalue weighted by atomic mass is 10.1. The normalized spacial score (nSPS) is 15.4. The molecule has 4 N–H and O–H groups in total. The minimum atomic E-state index is -0.266. The highest BCUT2D eigenvalue weighted by atomic mass is 16.5. The van der Waals surface area contributed by atoms with E-state index in [4.69, 9.17) is 10.5 Å². The minimum Gasteiger partial charge on any atom is -0.392 e. The lowest BCUT2D eigenvalue weighted by Gasteiger charge is -2.20. The number of ether oxygens (including phenoxy) is 1. The van der Waals surface area contributed by atoms with E-state index in [1.165, 1.54) is 0 Å². The summed E-state index contributed by atoms with van der Waals surface area (Å²) in [6, 6.07) is 0.301. The summed E-state index contributed by atoms with van der Waals surface area (Å²) in [6.45, 7) is 6.25. The highest BCUT2D eigenvalue weighted by Crippen LogP contribution is 2.04.